The van der Waals surface area contributed by atoms with E-state index in [-0.39, 0.29) is 11.8 Å². The standard InChI is InChI=1S/C12H15N3O/c1-9(8-14)12(16)15-11-4-2-10(3-5-11)6-7-13/h2-5,9H,6,8,14H2,1H3,(H,15,16). The van der Waals surface area contributed by atoms with Crippen molar-refractivity contribution in [2.24, 2.45) is 11.7 Å². The van der Waals surface area contributed by atoms with E-state index in [1.54, 1.807) is 19.1 Å². The monoisotopic (exact) mass is 217 g/mol. The minimum atomic E-state index is -0.196. The van der Waals surface area contributed by atoms with Gasteiger partial charge in [-0.15, -0.1) is 0 Å². The lowest BCUT2D eigenvalue weighted by molar-refractivity contribution is -0.119. The van der Waals surface area contributed by atoms with Gasteiger partial charge in [0.2, 0.25) is 5.91 Å². The highest BCUT2D eigenvalue weighted by Crippen LogP contribution is 2.11. The molecule has 1 aromatic carbocycles. The third-order valence-electron chi connectivity index (χ3n) is 2.31. The maximum absolute atomic E-state index is 11.5. The van der Waals surface area contributed by atoms with E-state index in [0.29, 0.717) is 13.0 Å². The second-order valence-electron chi connectivity index (χ2n) is 3.66. The molecule has 3 N–H and O–H groups in total. The predicted octanol–water partition coefficient (Wildman–Crippen LogP) is 1.29. The molecular formula is C12H15N3O. The lowest BCUT2D eigenvalue weighted by atomic mass is 10.1. The van der Waals surface area contributed by atoms with Gasteiger partial charge in [0.1, 0.15) is 0 Å². The van der Waals surface area contributed by atoms with E-state index < -0.39 is 0 Å². The zero-order valence-electron chi connectivity index (χ0n) is 9.23. The van der Waals surface area contributed by atoms with Crippen molar-refractivity contribution in [3.05, 3.63) is 29.8 Å². The average Bonchev–Trinajstić information content (AvgIpc) is 2.31. The Hall–Kier alpha value is -1.86. The molecule has 0 aliphatic carbocycles. The Morgan fingerprint density at radius 3 is 2.62 bits per heavy atom. The fraction of sp³-hybridized carbons (Fsp3) is 0.333. The molecule has 0 fully saturated rings. The van der Waals surface area contributed by atoms with E-state index >= 15 is 0 Å². The molecule has 1 atom stereocenters. The van der Waals surface area contributed by atoms with Crippen molar-refractivity contribution >= 4 is 11.6 Å². The number of nitriles is 1. The molecule has 0 heterocycles. The zero-order chi connectivity index (χ0) is 12.0. The number of nitrogens with zero attached hydrogens (tertiary/aromatic N) is 1. The lowest BCUT2D eigenvalue weighted by Gasteiger charge is -2.09. The highest BCUT2D eigenvalue weighted by atomic mass is 16.1. The molecular weight excluding hydrogens is 202 g/mol. The van der Waals surface area contributed by atoms with Crippen LogP contribution in [0.5, 0.6) is 0 Å². The minimum absolute atomic E-state index is 0.0875. The van der Waals surface area contributed by atoms with Crippen LogP contribution in [0.2, 0.25) is 0 Å². The summed E-state index contributed by atoms with van der Waals surface area (Å²) in [6, 6.07) is 9.29. The quantitative estimate of drug-likeness (QED) is 0.797. The summed E-state index contributed by atoms with van der Waals surface area (Å²) in [6.07, 6.45) is 0.382. The number of nitrogens with one attached hydrogen (secondary N) is 1. The van der Waals surface area contributed by atoms with Crippen molar-refractivity contribution in [1.29, 1.82) is 5.26 Å². The van der Waals surface area contributed by atoms with Crippen LogP contribution in [0.1, 0.15) is 12.5 Å². The number of nitrogens with two attached hydrogens (primary N) is 1. The van der Waals surface area contributed by atoms with Crippen LogP contribution in [0.3, 0.4) is 0 Å². The Balaban J connectivity index is 2.62. The Bertz CT molecular complexity index is 392. The number of rotatable bonds is 4. The molecule has 0 spiro atoms. The van der Waals surface area contributed by atoms with E-state index in [1.807, 2.05) is 12.1 Å². The first-order chi connectivity index (χ1) is 7.67. The van der Waals surface area contributed by atoms with Gasteiger partial charge >= 0.3 is 0 Å². The topological polar surface area (TPSA) is 78.9 Å². The maximum atomic E-state index is 11.5. The van der Waals surface area contributed by atoms with Crippen LogP contribution < -0.4 is 11.1 Å². The number of anilines is 1. The largest absolute Gasteiger partial charge is 0.330 e. The second-order valence-corrected chi connectivity index (χ2v) is 3.66. The number of amides is 1. The second kappa shape index (κ2) is 5.89. The molecule has 0 saturated carbocycles. The normalized spacial score (nSPS) is 11.6. The molecule has 0 aromatic heterocycles. The fourth-order valence-electron chi connectivity index (χ4n) is 1.17. The van der Waals surface area contributed by atoms with E-state index in [1.165, 1.54) is 0 Å². The first-order valence-electron chi connectivity index (χ1n) is 5.14. The first kappa shape index (κ1) is 12.2. The van der Waals surface area contributed by atoms with Gasteiger partial charge in [0.05, 0.1) is 12.5 Å². The smallest absolute Gasteiger partial charge is 0.228 e. The summed E-state index contributed by atoms with van der Waals surface area (Å²) in [5.41, 5.74) is 7.06. The van der Waals surface area contributed by atoms with Gasteiger partial charge in [-0.05, 0) is 17.7 Å². The first-order valence-corrected chi connectivity index (χ1v) is 5.14. The van der Waals surface area contributed by atoms with Gasteiger partial charge in [0.15, 0.2) is 0 Å². The van der Waals surface area contributed by atoms with Crippen molar-refractivity contribution in [2.75, 3.05) is 11.9 Å². The molecule has 1 aromatic rings. The van der Waals surface area contributed by atoms with E-state index in [2.05, 4.69) is 11.4 Å². The van der Waals surface area contributed by atoms with Crippen LogP contribution >= 0.6 is 0 Å². The lowest BCUT2D eigenvalue weighted by Crippen LogP contribution is -2.26. The Morgan fingerprint density at radius 1 is 1.50 bits per heavy atom. The average molecular weight is 217 g/mol. The van der Waals surface area contributed by atoms with E-state index in [4.69, 9.17) is 11.0 Å². The predicted molar refractivity (Wildman–Crippen MR) is 62.6 cm³/mol. The fourth-order valence-corrected chi connectivity index (χ4v) is 1.17. The number of benzene rings is 1. The molecule has 0 bridgehead atoms. The molecule has 1 rings (SSSR count). The van der Waals surface area contributed by atoms with E-state index in [9.17, 15) is 4.79 Å². The summed E-state index contributed by atoms with van der Waals surface area (Å²) < 4.78 is 0. The summed E-state index contributed by atoms with van der Waals surface area (Å²) in [5.74, 6) is -0.283. The van der Waals surface area contributed by atoms with Crippen molar-refractivity contribution in [3.63, 3.8) is 0 Å². The van der Waals surface area contributed by atoms with Crippen molar-refractivity contribution in [3.8, 4) is 6.07 Å². The van der Waals surface area contributed by atoms with Gasteiger partial charge < -0.3 is 11.1 Å². The van der Waals surface area contributed by atoms with Gasteiger partial charge in [0, 0.05) is 18.2 Å². The molecule has 0 saturated heterocycles. The summed E-state index contributed by atoms with van der Waals surface area (Å²) in [5, 5.41) is 11.3. The van der Waals surface area contributed by atoms with Gasteiger partial charge in [0.25, 0.3) is 0 Å². The zero-order valence-corrected chi connectivity index (χ0v) is 9.23. The Labute approximate surface area is 95.1 Å². The van der Waals surface area contributed by atoms with Crippen LogP contribution in [0.25, 0.3) is 0 Å². The van der Waals surface area contributed by atoms with E-state index in [0.717, 1.165) is 11.3 Å². The van der Waals surface area contributed by atoms with Gasteiger partial charge in [-0.3, -0.25) is 4.79 Å². The summed E-state index contributed by atoms with van der Waals surface area (Å²) in [7, 11) is 0. The molecule has 1 unspecified atom stereocenters. The summed E-state index contributed by atoms with van der Waals surface area (Å²) >= 11 is 0. The SMILES string of the molecule is CC(CN)C(=O)Nc1ccc(CC#N)cc1. The number of carbonyl (C=O) groups excluding carboxylic acids is 1. The van der Waals surface area contributed by atoms with Crippen LogP contribution in [-0.4, -0.2) is 12.5 Å². The molecule has 0 aliphatic heterocycles. The molecule has 0 radical (unpaired) electrons. The number of hydrogen-bond donors (Lipinski definition) is 2. The minimum Gasteiger partial charge on any atom is -0.330 e. The highest BCUT2D eigenvalue weighted by Gasteiger charge is 2.10. The highest BCUT2D eigenvalue weighted by molar-refractivity contribution is 5.92. The van der Waals surface area contributed by atoms with Crippen molar-refractivity contribution in [1.82, 2.24) is 0 Å². The van der Waals surface area contributed by atoms with Crippen LogP contribution in [0, 0.1) is 17.2 Å². The maximum Gasteiger partial charge on any atom is 0.228 e. The number of hydrogen-bond acceptors (Lipinski definition) is 3. The molecule has 16 heavy (non-hydrogen) atoms. The van der Waals surface area contributed by atoms with Gasteiger partial charge in [-0.1, -0.05) is 19.1 Å². The van der Waals surface area contributed by atoms with Crippen molar-refractivity contribution in [2.45, 2.75) is 13.3 Å². The number of carbonyl (C=O) groups is 1. The Morgan fingerprint density at radius 2 is 2.12 bits per heavy atom. The van der Waals surface area contributed by atoms with Crippen LogP contribution in [0.15, 0.2) is 24.3 Å². The van der Waals surface area contributed by atoms with Crippen LogP contribution in [0.4, 0.5) is 5.69 Å². The molecule has 4 heteroatoms. The van der Waals surface area contributed by atoms with Gasteiger partial charge in [-0.2, -0.15) is 5.26 Å². The molecule has 0 aliphatic rings. The van der Waals surface area contributed by atoms with Crippen molar-refractivity contribution < 1.29 is 4.79 Å². The third kappa shape index (κ3) is 3.37. The van der Waals surface area contributed by atoms with Gasteiger partial charge in [-0.25, -0.2) is 0 Å². The third-order valence-corrected chi connectivity index (χ3v) is 2.31. The molecule has 1 amide bonds. The molecule has 84 valence electrons. The summed E-state index contributed by atoms with van der Waals surface area (Å²) in [4.78, 5) is 11.5. The molecule has 4 nitrogen and oxygen atoms in total. The van der Waals surface area contributed by atoms with Crippen LogP contribution in [-0.2, 0) is 11.2 Å². The summed E-state index contributed by atoms with van der Waals surface area (Å²) in [6.45, 7) is 2.11. The Kier molecular flexibility index (Phi) is 4.49.